The summed E-state index contributed by atoms with van der Waals surface area (Å²) in [4.78, 5) is 32.2. The first-order chi connectivity index (χ1) is 11.9. The van der Waals surface area contributed by atoms with E-state index >= 15 is 0 Å². The van der Waals surface area contributed by atoms with E-state index in [1.54, 1.807) is 0 Å². The maximum Gasteiger partial charge on any atom is 0.386 e. The molecule has 8 N–H and O–H groups in total. The minimum Gasteiger partial charge on any atom is -0.390 e. The Labute approximate surface area is 146 Å². The fourth-order valence-corrected chi connectivity index (χ4v) is 3.11. The van der Waals surface area contributed by atoms with Gasteiger partial charge in [0, 0.05) is 25.7 Å². The normalized spacial score (nSPS) is 46.5. The van der Waals surface area contributed by atoms with E-state index < -0.39 is 85.4 Å². The van der Waals surface area contributed by atoms with Gasteiger partial charge < -0.3 is 40.9 Å². The zero-order valence-electron chi connectivity index (χ0n) is 13.5. The second kappa shape index (κ2) is 7.32. The molecule has 0 radical (unpaired) electrons. The second-order valence-electron chi connectivity index (χ2n) is 6.87. The number of aliphatic hydroxyl groups excluding tert-OH is 6. The Hall–Kier alpha value is -1.38. The third-order valence-corrected chi connectivity index (χ3v) is 4.72. The number of rotatable bonds is 2. The molecule has 0 bridgehead atoms. The molecule has 0 aromatic rings. The van der Waals surface area contributed by atoms with Crippen LogP contribution in [0.3, 0.4) is 0 Å². The fraction of sp³-hybridized carbons (Fsp3) is 0.857. The van der Waals surface area contributed by atoms with Crippen molar-refractivity contribution in [1.82, 2.24) is 0 Å². The molecule has 0 aliphatic heterocycles. The van der Waals surface area contributed by atoms with Crippen LogP contribution < -0.4 is 0 Å². The predicted octanol–water partition coefficient (Wildman–Crippen LogP) is -4.80. The number of aliphatic hydroxyl groups is 8. The molecule has 26 heavy (non-hydrogen) atoms. The molecule has 2 rings (SSSR count). The lowest BCUT2D eigenvalue weighted by molar-refractivity contribution is -0.290. The zero-order chi connectivity index (χ0) is 19.9. The molecule has 0 heterocycles. The quantitative estimate of drug-likeness (QED) is 0.167. The van der Waals surface area contributed by atoms with E-state index in [0.29, 0.717) is 0 Å². The Bertz CT molecular complexity index is 478. The molecule has 0 spiro atoms. The van der Waals surface area contributed by atoms with Crippen LogP contribution in [-0.2, 0) is 19.4 Å². The minimum absolute atomic E-state index is 0.699. The van der Waals surface area contributed by atoms with Crippen molar-refractivity contribution in [2.45, 2.75) is 73.5 Å². The molecular formula is C14H22O12. The van der Waals surface area contributed by atoms with Gasteiger partial charge in [0.25, 0.3) is 0 Å². The van der Waals surface area contributed by atoms with Crippen molar-refractivity contribution in [2.24, 2.45) is 0 Å². The van der Waals surface area contributed by atoms with Crippen molar-refractivity contribution in [3.05, 3.63) is 0 Å². The largest absolute Gasteiger partial charge is 0.390 e. The highest BCUT2D eigenvalue weighted by atomic mass is 17.2. The lowest BCUT2D eigenvalue weighted by atomic mass is 9.79. The van der Waals surface area contributed by atoms with Crippen LogP contribution in [0, 0.1) is 0 Å². The maximum absolute atomic E-state index is 11.9. The highest BCUT2D eigenvalue weighted by molar-refractivity contribution is 5.82. The summed E-state index contributed by atoms with van der Waals surface area (Å²) < 4.78 is 0. The van der Waals surface area contributed by atoms with E-state index in [2.05, 4.69) is 9.78 Å². The first kappa shape index (κ1) is 20.9. The standard InChI is InChI=1S/C14H22O12/c15-5-1-13(23,2-6(16)9(5)19)11(21)25-26-12(22)14(24)3-7(17)10(20)8(18)4-14/h5-10,15-20,23-24H,1-4H2/t5-,6-,7-,8-,9?,10?,13?,14?/m1/s1. The summed E-state index contributed by atoms with van der Waals surface area (Å²) >= 11 is 0. The van der Waals surface area contributed by atoms with E-state index in [0.717, 1.165) is 0 Å². The van der Waals surface area contributed by atoms with E-state index in [1.807, 2.05) is 0 Å². The van der Waals surface area contributed by atoms with Crippen molar-refractivity contribution < 1.29 is 60.2 Å². The van der Waals surface area contributed by atoms with Gasteiger partial charge in [0.1, 0.15) is 12.2 Å². The van der Waals surface area contributed by atoms with Gasteiger partial charge in [-0.1, -0.05) is 0 Å². The average Bonchev–Trinajstić information content (AvgIpc) is 2.54. The van der Waals surface area contributed by atoms with Crippen molar-refractivity contribution in [3.63, 3.8) is 0 Å². The van der Waals surface area contributed by atoms with Crippen LogP contribution in [0.4, 0.5) is 0 Å². The van der Waals surface area contributed by atoms with Gasteiger partial charge in [-0.25, -0.2) is 19.4 Å². The van der Waals surface area contributed by atoms with Gasteiger partial charge in [-0.15, -0.1) is 0 Å². The van der Waals surface area contributed by atoms with Gasteiger partial charge in [0.05, 0.1) is 24.4 Å². The molecule has 0 aromatic carbocycles. The number of hydrogen-bond acceptors (Lipinski definition) is 12. The van der Waals surface area contributed by atoms with Crippen molar-refractivity contribution >= 4 is 11.9 Å². The molecule has 150 valence electrons. The highest BCUT2D eigenvalue weighted by Gasteiger charge is 2.53. The molecule has 0 saturated heterocycles. The molecule has 4 atom stereocenters. The van der Waals surface area contributed by atoms with Gasteiger partial charge in [-0.05, 0) is 0 Å². The third-order valence-electron chi connectivity index (χ3n) is 4.72. The Morgan fingerprint density at radius 2 is 0.846 bits per heavy atom. The zero-order valence-corrected chi connectivity index (χ0v) is 13.5. The van der Waals surface area contributed by atoms with Crippen LogP contribution in [0.2, 0.25) is 0 Å². The second-order valence-corrected chi connectivity index (χ2v) is 6.87. The summed E-state index contributed by atoms with van der Waals surface area (Å²) in [5, 5.41) is 77.2. The SMILES string of the molecule is O=C(OOC(=O)C1(O)C[C@@H](O)C(O)[C@H](O)C1)C1(O)C[C@@H](O)C(O)[C@H](O)C1. The van der Waals surface area contributed by atoms with Crippen molar-refractivity contribution in [2.75, 3.05) is 0 Å². The van der Waals surface area contributed by atoms with Crippen LogP contribution in [0.15, 0.2) is 0 Å². The summed E-state index contributed by atoms with van der Waals surface area (Å²) in [5.74, 6) is -3.12. The van der Waals surface area contributed by atoms with Crippen LogP contribution in [0.25, 0.3) is 0 Å². The first-order valence-corrected chi connectivity index (χ1v) is 7.86. The van der Waals surface area contributed by atoms with E-state index in [9.17, 15) is 50.4 Å². The predicted molar refractivity (Wildman–Crippen MR) is 76.6 cm³/mol. The summed E-state index contributed by atoms with van der Waals surface area (Å²) in [7, 11) is 0. The van der Waals surface area contributed by atoms with Crippen LogP contribution in [0.1, 0.15) is 25.7 Å². The highest BCUT2D eigenvalue weighted by Crippen LogP contribution is 2.32. The minimum atomic E-state index is -2.46. The Morgan fingerprint density at radius 1 is 0.615 bits per heavy atom. The molecule has 0 amide bonds. The number of hydrogen-bond donors (Lipinski definition) is 8. The van der Waals surface area contributed by atoms with Gasteiger partial charge in [0.2, 0.25) is 0 Å². The third kappa shape index (κ3) is 3.97. The summed E-state index contributed by atoms with van der Waals surface area (Å²) in [6.07, 6.45) is -12.5. The molecule has 2 aliphatic carbocycles. The Balaban J connectivity index is 1.97. The van der Waals surface area contributed by atoms with Gasteiger partial charge >= 0.3 is 11.9 Å². The Kier molecular flexibility index (Phi) is 5.90. The van der Waals surface area contributed by atoms with E-state index in [1.165, 1.54) is 0 Å². The van der Waals surface area contributed by atoms with Gasteiger partial charge in [0.15, 0.2) is 11.2 Å². The monoisotopic (exact) mass is 382 g/mol. The van der Waals surface area contributed by atoms with Crippen LogP contribution in [-0.4, -0.2) is 101 Å². The van der Waals surface area contributed by atoms with E-state index in [4.69, 9.17) is 0 Å². The number of carbonyl (C=O) groups is 2. The molecule has 0 unspecified atom stereocenters. The first-order valence-electron chi connectivity index (χ1n) is 7.86. The van der Waals surface area contributed by atoms with Crippen molar-refractivity contribution in [1.29, 1.82) is 0 Å². The molecule has 0 aromatic heterocycles. The van der Waals surface area contributed by atoms with E-state index in [-0.39, 0.29) is 0 Å². The molecule has 2 fully saturated rings. The average molecular weight is 382 g/mol. The number of carbonyl (C=O) groups excluding carboxylic acids is 2. The summed E-state index contributed by atoms with van der Waals surface area (Å²) in [6.45, 7) is 0. The van der Waals surface area contributed by atoms with Gasteiger partial charge in [-0.3, -0.25) is 0 Å². The van der Waals surface area contributed by atoms with Crippen LogP contribution in [0.5, 0.6) is 0 Å². The molecule has 2 aliphatic rings. The van der Waals surface area contributed by atoms with Gasteiger partial charge in [-0.2, -0.15) is 0 Å². The summed E-state index contributed by atoms with van der Waals surface area (Å²) in [5.41, 5.74) is -4.91. The molecule has 12 heteroatoms. The van der Waals surface area contributed by atoms with Crippen molar-refractivity contribution in [3.8, 4) is 0 Å². The topological polar surface area (TPSA) is 214 Å². The Morgan fingerprint density at radius 3 is 1.08 bits per heavy atom. The fourth-order valence-electron chi connectivity index (χ4n) is 3.11. The van der Waals surface area contributed by atoms with Crippen LogP contribution >= 0.6 is 0 Å². The molecular weight excluding hydrogens is 360 g/mol. The maximum atomic E-state index is 11.9. The summed E-state index contributed by atoms with van der Waals surface area (Å²) in [6, 6.07) is 0. The lowest BCUT2D eigenvalue weighted by Crippen LogP contribution is -2.58. The lowest BCUT2D eigenvalue weighted by Gasteiger charge is -2.39. The molecule has 12 nitrogen and oxygen atoms in total. The molecule has 2 saturated carbocycles. The smallest absolute Gasteiger partial charge is 0.386 e.